The highest BCUT2D eigenvalue weighted by molar-refractivity contribution is 6.30. The van der Waals surface area contributed by atoms with Crippen LogP contribution in [0.15, 0.2) is 76.3 Å². The van der Waals surface area contributed by atoms with Crippen molar-refractivity contribution in [2.45, 2.75) is 20.4 Å². The predicted molar refractivity (Wildman–Crippen MR) is 140 cm³/mol. The van der Waals surface area contributed by atoms with Crippen LogP contribution in [0.3, 0.4) is 0 Å². The van der Waals surface area contributed by atoms with E-state index in [1.54, 1.807) is 48.0 Å². The summed E-state index contributed by atoms with van der Waals surface area (Å²) in [5, 5.41) is 3.97. The Hall–Kier alpha value is -4.10. The zero-order valence-electron chi connectivity index (χ0n) is 19.5. The Morgan fingerprint density at radius 3 is 2.34 bits per heavy atom. The van der Waals surface area contributed by atoms with Gasteiger partial charge in [-0.05, 0) is 56.3 Å². The van der Waals surface area contributed by atoms with Gasteiger partial charge in [0, 0.05) is 23.1 Å². The molecule has 0 aliphatic carbocycles. The first kappa shape index (κ1) is 22.7. The van der Waals surface area contributed by atoms with Crippen LogP contribution in [0, 0.1) is 13.8 Å². The van der Waals surface area contributed by atoms with E-state index in [1.165, 1.54) is 4.57 Å². The number of nitrogens with zero attached hydrogens (tertiary/aromatic N) is 3. The third-order valence-electron chi connectivity index (χ3n) is 6.13. The number of carbonyl (C=O) groups is 1. The number of hydrogen-bond acceptors (Lipinski definition) is 3. The van der Waals surface area contributed by atoms with Crippen LogP contribution < -0.4 is 16.6 Å². The number of rotatable bonds is 4. The van der Waals surface area contributed by atoms with Crippen molar-refractivity contribution in [3.63, 3.8) is 0 Å². The Morgan fingerprint density at radius 1 is 0.914 bits per heavy atom. The van der Waals surface area contributed by atoms with Gasteiger partial charge in [0.05, 0.1) is 16.7 Å². The van der Waals surface area contributed by atoms with Crippen molar-refractivity contribution in [3.05, 3.63) is 104 Å². The lowest BCUT2D eigenvalue weighted by atomic mass is 10.1. The van der Waals surface area contributed by atoms with Crippen LogP contribution in [0.2, 0.25) is 5.02 Å². The van der Waals surface area contributed by atoms with Crippen LogP contribution in [0.25, 0.3) is 27.6 Å². The fraction of sp³-hybridized carbons (Fsp3) is 0.148. The Kier molecular flexibility index (Phi) is 5.57. The van der Waals surface area contributed by atoms with Gasteiger partial charge in [-0.25, -0.2) is 9.36 Å². The van der Waals surface area contributed by atoms with Gasteiger partial charge in [-0.1, -0.05) is 47.0 Å². The molecule has 35 heavy (non-hydrogen) atoms. The topological polar surface area (TPSA) is 78.0 Å². The molecule has 0 bridgehead atoms. The molecule has 2 heterocycles. The SMILES string of the molecule is Cc1ccc(NC(=O)Cn2c(=O)n(-c3cccc(Cl)c3)c(=O)c3c2c2cc(C)ccc2n3C)cc1. The van der Waals surface area contributed by atoms with Gasteiger partial charge in [0.15, 0.2) is 0 Å². The minimum atomic E-state index is -0.613. The average molecular weight is 487 g/mol. The van der Waals surface area contributed by atoms with Crippen LogP contribution in [0.5, 0.6) is 0 Å². The summed E-state index contributed by atoms with van der Waals surface area (Å²) in [6, 6.07) is 19.7. The molecular weight excluding hydrogens is 464 g/mol. The summed E-state index contributed by atoms with van der Waals surface area (Å²) in [6.45, 7) is 3.64. The van der Waals surface area contributed by atoms with Gasteiger partial charge in [-0.3, -0.25) is 14.2 Å². The first-order chi connectivity index (χ1) is 16.7. The number of hydrogen-bond donors (Lipinski definition) is 1. The highest BCUT2D eigenvalue weighted by atomic mass is 35.5. The maximum absolute atomic E-state index is 13.8. The van der Waals surface area contributed by atoms with Crippen molar-refractivity contribution in [2.75, 3.05) is 5.32 Å². The Bertz CT molecular complexity index is 1740. The van der Waals surface area contributed by atoms with Gasteiger partial charge in [0.1, 0.15) is 12.1 Å². The van der Waals surface area contributed by atoms with Crippen molar-refractivity contribution in [1.82, 2.24) is 13.7 Å². The second kappa shape index (κ2) is 8.60. The van der Waals surface area contributed by atoms with E-state index in [2.05, 4.69) is 5.32 Å². The number of halogens is 1. The summed E-state index contributed by atoms with van der Waals surface area (Å²) in [7, 11) is 1.78. The van der Waals surface area contributed by atoms with E-state index >= 15 is 0 Å². The summed E-state index contributed by atoms with van der Waals surface area (Å²) >= 11 is 6.16. The minimum Gasteiger partial charge on any atom is -0.338 e. The van der Waals surface area contributed by atoms with Crippen molar-refractivity contribution in [2.24, 2.45) is 7.05 Å². The lowest BCUT2D eigenvalue weighted by molar-refractivity contribution is -0.116. The van der Waals surface area contributed by atoms with E-state index in [9.17, 15) is 14.4 Å². The lowest BCUT2D eigenvalue weighted by Gasteiger charge is -2.14. The summed E-state index contributed by atoms with van der Waals surface area (Å²) in [6.07, 6.45) is 0. The molecule has 2 aromatic heterocycles. The fourth-order valence-corrected chi connectivity index (χ4v) is 4.62. The van der Waals surface area contributed by atoms with Gasteiger partial charge >= 0.3 is 5.69 Å². The molecule has 176 valence electrons. The van der Waals surface area contributed by atoms with Crippen molar-refractivity contribution >= 4 is 45.1 Å². The zero-order valence-corrected chi connectivity index (χ0v) is 20.3. The Labute approximate surface area is 205 Å². The van der Waals surface area contributed by atoms with Gasteiger partial charge < -0.3 is 9.88 Å². The number of nitrogens with one attached hydrogen (secondary N) is 1. The van der Waals surface area contributed by atoms with Crippen LogP contribution in [0.4, 0.5) is 5.69 Å². The Balaban J connectivity index is 1.78. The second-order valence-electron chi connectivity index (χ2n) is 8.68. The number of aryl methyl sites for hydroxylation is 3. The molecule has 0 fully saturated rings. The van der Waals surface area contributed by atoms with Crippen molar-refractivity contribution in [1.29, 1.82) is 0 Å². The molecule has 5 aromatic rings. The number of anilines is 1. The molecule has 7 nitrogen and oxygen atoms in total. The molecule has 0 radical (unpaired) electrons. The number of fused-ring (bicyclic) bond motifs is 3. The number of benzene rings is 3. The molecule has 0 spiro atoms. The van der Waals surface area contributed by atoms with E-state index in [-0.39, 0.29) is 12.5 Å². The molecule has 3 aromatic carbocycles. The molecule has 0 saturated carbocycles. The van der Waals surface area contributed by atoms with Gasteiger partial charge in [-0.2, -0.15) is 0 Å². The molecule has 0 unspecified atom stereocenters. The van der Waals surface area contributed by atoms with E-state index in [4.69, 9.17) is 11.6 Å². The van der Waals surface area contributed by atoms with E-state index in [1.807, 2.05) is 44.2 Å². The molecule has 5 rings (SSSR count). The molecule has 0 atom stereocenters. The summed E-state index contributed by atoms with van der Waals surface area (Å²) < 4.78 is 4.20. The monoisotopic (exact) mass is 486 g/mol. The third kappa shape index (κ3) is 3.94. The highest BCUT2D eigenvalue weighted by Gasteiger charge is 2.22. The van der Waals surface area contributed by atoms with Crippen LogP contribution >= 0.6 is 11.6 Å². The standard InChI is InChI=1S/C27H23ClN4O3/c1-16-7-10-19(11-8-16)29-23(33)15-31-24-21-13-17(2)9-12-22(21)30(3)25(24)26(34)32(27(31)35)20-6-4-5-18(28)14-20/h4-14H,15H2,1-3H3,(H,29,33). The van der Waals surface area contributed by atoms with Crippen molar-refractivity contribution < 1.29 is 4.79 Å². The van der Waals surface area contributed by atoms with E-state index < -0.39 is 11.2 Å². The summed E-state index contributed by atoms with van der Waals surface area (Å²) in [5.74, 6) is -0.377. The Morgan fingerprint density at radius 2 is 1.63 bits per heavy atom. The smallest absolute Gasteiger partial charge is 0.336 e. The maximum atomic E-state index is 13.8. The third-order valence-corrected chi connectivity index (χ3v) is 6.36. The lowest BCUT2D eigenvalue weighted by Crippen LogP contribution is -2.41. The van der Waals surface area contributed by atoms with Gasteiger partial charge in [0.25, 0.3) is 5.56 Å². The fourth-order valence-electron chi connectivity index (χ4n) is 4.44. The quantitative estimate of drug-likeness (QED) is 0.404. The molecule has 0 aliphatic heterocycles. The van der Waals surface area contributed by atoms with E-state index in [0.717, 1.165) is 26.6 Å². The number of carbonyl (C=O) groups excluding carboxylic acids is 1. The number of amides is 1. The molecule has 1 amide bonds. The predicted octanol–water partition coefficient (Wildman–Crippen LogP) is 4.55. The molecule has 0 aliphatic rings. The number of aromatic nitrogens is 3. The molecular formula is C27H23ClN4O3. The van der Waals surface area contributed by atoms with E-state index in [0.29, 0.717) is 27.4 Å². The normalized spacial score (nSPS) is 11.3. The largest absolute Gasteiger partial charge is 0.338 e. The zero-order chi connectivity index (χ0) is 24.9. The average Bonchev–Trinajstić information content (AvgIpc) is 3.10. The first-order valence-electron chi connectivity index (χ1n) is 11.1. The van der Waals surface area contributed by atoms with Crippen molar-refractivity contribution in [3.8, 4) is 5.69 Å². The summed E-state index contributed by atoms with van der Waals surface area (Å²) in [4.78, 5) is 40.5. The second-order valence-corrected chi connectivity index (χ2v) is 9.12. The molecule has 1 N–H and O–H groups in total. The highest BCUT2D eigenvalue weighted by Crippen LogP contribution is 2.27. The minimum absolute atomic E-state index is 0.267. The van der Waals surface area contributed by atoms with Gasteiger partial charge in [-0.15, -0.1) is 0 Å². The van der Waals surface area contributed by atoms with Crippen LogP contribution in [0.1, 0.15) is 11.1 Å². The summed E-state index contributed by atoms with van der Waals surface area (Å²) in [5.41, 5.74) is 3.47. The van der Waals surface area contributed by atoms with Gasteiger partial charge in [0.2, 0.25) is 5.91 Å². The van der Waals surface area contributed by atoms with Crippen LogP contribution in [-0.4, -0.2) is 19.6 Å². The molecule has 8 heteroatoms. The molecule has 0 saturated heterocycles. The first-order valence-corrected chi connectivity index (χ1v) is 11.5. The maximum Gasteiger partial charge on any atom is 0.336 e. The van der Waals surface area contributed by atoms with Crippen LogP contribution in [-0.2, 0) is 18.4 Å².